The van der Waals surface area contributed by atoms with Crippen LogP contribution in [0.25, 0.3) is 0 Å². The number of hydrogen-bond donors (Lipinski definition) is 0. The lowest BCUT2D eigenvalue weighted by molar-refractivity contribution is 0.112. The molecule has 0 aliphatic rings. The Labute approximate surface area is 71.2 Å². The van der Waals surface area contributed by atoms with E-state index in [1.165, 1.54) is 4.88 Å². The van der Waals surface area contributed by atoms with Crippen molar-refractivity contribution in [1.29, 1.82) is 0 Å². The van der Waals surface area contributed by atoms with Crippen LogP contribution in [0.15, 0.2) is 6.07 Å². The van der Waals surface area contributed by atoms with Gasteiger partial charge in [0.15, 0.2) is 6.29 Å². The molecule has 0 bridgehead atoms. The van der Waals surface area contributed by atoms with Gasteiger partial charge in [0.05, 0.1) is 2.88 Å². The van der Waals surface area contributed by atoms with E-state index in [4.69, 9.17) is 0 Å². The molecule has 0 aliphatic carbocycles. The second kappa shape index (κ2) is 2.79. The van der Waals surface area contributed by atoms with Gasteiger partial charge in [0.2, 0.25) is 0 Å². The highest BCUT2D eigenvalue weighted by Gasteiger charge is 2.00. The van der Waals surface area contributed by atoms with Gasteiger partial charge in [-0.15, -0.1) is 11.3 Å². The van der Waals surface area contributed by atoms with E-state index in [0.717, 1.165) is 14.7 Å². The number of thiophene rings is 1. The van der Waals surface area contributed by atoms with Crippen LogP contribution in [-0.4, -0.2) is 6.29 Å². The standard InChI is InChI=1S/C6H5IOS/c1-4-2-5(3-8)6(7)9-4/h2-3H,1H3. The molecule has 0 radical (unpaired) electrons. The number of aryl methyl sites for hydroxylation is 1. The molecule has 0 aromatic carbocycles. The zero-order valence-corrected chi connectivity index (χ0v) is 7.82. The molecule has 1 nitrogen and oxygen atoms in total. The molecule has 0 saturated carbocycles. The first-order valence-electron chi connectivity index (χ1n) is 2.45. The van der Waals surface area contributed by atoms with E-state index < -0.39 is 0 Å². The molecule has 0 spiro atoms. The maximum absolute atomic E-state index is 10.2. The summed E-state index contributed by atoms with van der Waals surface area (Å²) in [7, 11) is 0. The van der Waals surface area contributed by atoms with Gasteiger partial charge in [-0.25, -0.2) is 0 Å². The average molecular weight is 252 g/mol. The van der Waals surface area contributed by atoms with Crippen molar-refractivity contribution in [2.75, 3.05) is 0 Å². The maximum Gasteiger partial charge on any atom is 0.151 e. The Morgan fingerprint density at radius 1 is 1.78 bits per heavy atom. The normalized spacial score (nSPS) is 9.56. The Bertz CT molecular complexity index is 229. The summed E-state index contributed by atoms with van der Waals surface area (Å²) < 4.78 is 1.08. The lowest BCUT2D eigenvalue weighted by Gasteiger charge is -1.76. The van der Waals surface area contributed by atoms with Crippen LogP contribution in [0, 0.1) is 9.81 Å². The van der Waals surface area contributed by atoms with Crippen molar-refractivity contribution in [3.8, 4) is 0 Å². The molecule has 9 heavy (non-hydrogen) atoms. The lowest BCUT2D eigenvalue weighted by atomic mass is 10.3. The van der Waals surface area contributed by atoms with Crippen molar-refractivity contribution in [2.24, 2.45) is 0 Å². The molecule has 0 N–H and O–H groups in total. The van der Waals surface area contributed by atoms with Crippen molar-refractivity contribution in [2.45, 2.75) is 6.92 Å². The molecule has 1 aromatic heterocycles. The predicted molar refractivity (Wildman–Crippen MR) is 47.2 cm³/mol. The molecule has 0 unspecified atom stereocenters. The summed E-state index contributed by atoms with van der Waals surface area (Å²) in [5.74, 6) is 0. The summed E-state index contributed by atoms with van der Waals surface area (Å²) in [6, 6.07) is 1.90. The number of carbonyl (C=O) groups is 1. The minimum atomic E-state index is 0.818. The third kappa shape index (κ3) is 1.52. The molecule has 0 atom stereocenters. The molecule has 0 amide bonds. The molecule has 1 rings (SSSR count). The second-order valence-corrected chi connectivity index (χ2v) is 4.77. The van der Waals surface area contributed by atoms with Gasteiger partial charge in [0, 0.05) is 10.4 Å². The van der Waals surface area contributed by atoms with Gasteiger partial charge in [0.25, 0.3) is 0 Å². The highest BCUT2D eigenvalue weighted by atomic mass is 127. The van der Waals surface area contributed by atoms with E-state index in [2.05, 4.69) is 22.6 Å². The highest BCUT2D eigenvalue weighted by Crippen LogP contribution is 2.21. The first kappa shape index (κ1) is 7.21. The van der Waals surface area contributed by atoms with Crippen LogP contribution < -0.4 is 0 Å². The van der Waals surface area contributed by atoms with Gasteiger partial charge in [-0.05, 0) is 35.6 Å². The number of halogens is 1. The van der Waals surface area contributed by atoms with Crippen LogP contribution in [0.5, 0.6) is 0 Å². The van der Waals surface area contributed by atoms with Crippen LogP contribution in [0.2, 0.25) is 0 Å². The van der Waals surface area contributed by atoms with Gasteiger partial charge >= 0.3 is 0 Å². The fourth-order valence-electron chi connectivity index (χ4n) is 0.586. The Hall–Kier alpha value is 0.100. The van der Waals surface area contributed by atoms with Crippen molar-refractivity contribution in [3.63, 3.8) is 0 Å². The van der Waals surface area contributed by atoms with Crippen molar-refractivity contribution >= 4 is 40.2 Å². The van der Waals surface area contributed by atoms with E-state index in [1.54, 1.807) is 11.3 Å². The first-order valence-corrected chi connectivity index (χ1v) is 4.34. The summed E-state index contributed by atoms with van der Waals surface area (Å²) >= 11 is 3.82. The van der Waals surface area contributed by atoms with Crippen molar-refractivity contribution in [1.82, 2.24) is 0 Å². The topological polar surface area (TPSA) is 17.1 Å². The van der Waals surface area contributed by atoms with Gasteiger partial charge in [-0.2, -0.15) is 0 Å². The van der Waals surface area contributed by atoms with Gasteiger partial charge in [0.1, 0.15) is 0 Å². The average Bonchev–Trinajstić information content (AvgIpc) is 2.10. The van der Waals surface area contributed by atoms with E-state index in [1.807, 2.05) is 13.0 Å². The lowest BCUT2D eigenvalue weighted by Crippen LogP contribution is -1.73. The minimum Gasteiger partial charge on any atom is -0.298 e. The van der Waals surface area contributed by atoms with Crippen LogP contribution in [0.4, 0.5) is 0 Å². The maximum atomic E-state index is 10.2. The highest BCUT2D eigenvalue weighted by molar-refractivity contribution is 14.1. The Morgan fingerprint density at radius 2 is 2.44 bits per heavy atom. The molecule has 1 aromatic rings. The van der Waals surface area contributed by atoms with Crippen molar-refractivity contribution in [3.05, 3.63) is 19.4 Å². The predicted octanol–water partition coefficient (Wildman–Crippen LogP) is 2.47. The summed E-state index contributed by atoms with van der Waals surface area (Å²) in [6.07, 6.45) is 0.894. The number of rotatable bonds is 1. The smallest absolute Gasteiger partial charge is 0.151 e. The molecule has 0 fully saturated rings. The van der Waals surface area contributed by atoms with Crippen LogP contribution in [-0.2, 0) is 0 Å². The number of carbonyl (C=O) groups excluding carboxylic acids is 1. The van der Waals surface area contributed by atoms with Gasteiger partial charge < -0.3 is 0 Å². The fraction of sp³-hybridized carbons (Fsp3) is 0.167. The number of hydrogen-bond acceptors (Lipinski definition) is 2. The quantitative estimate of drug-likeness (QED) is 0.554. The molecular formula is C6H5IOS. The summed E-state index contributed by atoms with van der Waals surface area (Å²) in [5.41, 5.74) is 0.818. The molecule has 1 heterocycles. The number of aldehydes is 1. The van der Waals surface area contributed by atoms with E-state index in [9.17, 15) is 4.79 Å². The van der Waals surface area contributed by atoms with Crippen molar-refractivity contribution < 1.29 is 4.79 Å². The Balaban J connectivity index is 3.15. The Morgan fingerprint density at radius 3 is 2.67 bits per heavy atom. The third-order valence-electron chi connectivity index (χ3n) is 0.963. The van der Waals surface area contributed by atoms with E-state index >= 15 is 0 Å². The fourth-order valence-corrected chi connectivity index (χ4v) is 2.60. The monoisotopic (exact) mass is 252 g/mol. The largest absolute Gasteiger partial charge is 0.298 e. The zero-order valence-electron chi connectivity index (χ0n) is 4.85. The summed E-state index contributed by atoms with van der Waals surface area (Å²) in [6.45, 7) is 2.00. The molecule has 0 aliphatic heterocycles. The zero-order chi connectivity index (χ0) is 6.85. The summed E-state index contributed by atoms with van der Waals surface area (Å²) in [4.78, 5) is 11.4. The van der Waals surface area contributed by atoms with Gasteiger partial charge in [-0.3, -0.25) is 4.79 Å². The van der Waals surface area contributed by atoms with Crippen LogP contribution >= 0.6 is 33.9 Å². The van der Waals surface area contributed by atoms with Crippen LogP contribution in [0.3, 0.4) is 0 Å². The van der Waals surface area contributed by atoms with E-state index in [-0.39, 0.29) is 0 Å². The molecule has 0 saturated heterocycles. The second-order valence-electron chi connectivity index (χ2n) is 1.70. The summed E-state index contributed by atoms with van der Waals surface area (Å²) in [5, 5.41) is 0. The minimum absolute atomic E-state index is 0.818. The van der Waals surface area contributed by atoms with Crippen LogP contribution in [0.1, 0.15) is 15.2 Å². The molecule has 48 valence electrons. The first-order chi connectivity index (χ1) is 4.24. The van der Waals surface area contributed by atoms with E-state index in [0.29, 0.717) is 0 Å². The van der Waals surface area contributed by atoms with Gasteiger partial charge in [-0.1, -0.05) is 0 Å². The SMILES string of the molecule is Cc1cc(C=O)c(I)s1. The third-order valence-corrected chi connectivity index (χ3v) is 3.10. The molecular weight excluding hydrogens is 247 g/mol. The molecule has 3 heteroatoms. The Kier molecular flexibility index (Phi) is 2.23.